The SMILES string of the molecule is COC1=CC(c2cc3c(cc2C)OCO3)C(N(C)C)=CC1. The molecule has 0 aromatic heterocycles. The highest BCUT2D eigenvalue weighted by atomic mass is 16.7. The van der Waals surface area contributed by atoms with Crippen LogP contribution in [0.5, 0.6) is 11.5 Å². The minimum absolute atomic E-state index is 0.179. The Morgan fingerprint density at radius 1 is 1.19 bits per heavy atom. The Balaban J connectivity index is 2.05. The molecule has 1 aromatic rings. The Kier molecular flexibility index (Phi) is 3.53. The van der Waals surface area contributed by atoms with Gasteiger partial charge in [-0.05, 0) is 36.3 Å². The Morgan fingerprint density at radius 3 is 2.57 bits per heavy atom. The van der Waals surface area contributed by atoms with Crippen molar-refractivity contribution in [2.24, 2.45) is 0 Å². The first-order valence-corrected chi connectivity index (χ1v) is 7.12. The van der Waals surface area contributed by atoms with Gasteiger partial charge in [0.25, 0.3) is 0 Å². The van der Waals surface area contributed by atoms with Gasteiger partial charge in [0.05, 0.1) is 12.9 Å². The number of allylic oxidation sites excluding steroid dienone is 2. The lowest BCUT2D eigenvalue weighted by atomic mass is 9.87. The zero-order valence-electron chi connectivity index (χ0n) is 13.0. The number of likely N-dealkylation sites (N-methyl/N-ethyl adjacent to an activating group) is 1. The summed E-state index contributed by atoms with van der Waals surface area (Å²) in [4.78, 5) is 2.16. The third-order valence-electron chi connectivity index (χ3n) is 4.06. The second kappa shape index (κ2) is 5.35. The Hall–Kier alpha value is -2.10. The average molecular weight is 287 g/mol. The molecule has 4 nitrogen and oxygen atoms in total. The number of nitrogens with zero attached hydrogens (tertiary/aromatic N) is 1. The molecule has 0 radical (unpaired) electrons. The molecule has 0 spiro atoms. The van der Waals surface area contributed by atoms with E-state index in [2.05, 4.69) is 50.2 Å². The number of aryl methyl sites for hydroxylation is 1. The second-order valence-electron chi connectivity index (χ2n) is 5.60. The standard InChI is InChI=1S/C17H21NO3/c1-11-7-16-17(21-10-20-16)9-13(11)14-8-12(19-4)5-6-15(14)18(2)3/h6-9,14H,5,10H2,1-4H3. The van der Waals surface area contributed by atoms with Crippen molar-refractivity contribution >= 4 is 0 Å². The van der Waals surface area contributed by atoms with Crippen LogP contribution in [0, 0.1) is 6.92 Å². The predicted octanol–water partition coefficient (Wildman–Crippen LogP) is 3.19. The number of fused-ring (bicyclic) bond motifs is 1. The van der Waals surface area contributed by atoms with Gasteiger partial charge in [-0.2, -0.15) is 0 Å². The number of ether oxygens (including phenoxy) is 3. The van der Waals surface area contributed by atoms with E-state index in [1.165, 1.54) is 16.8 Å². The van der Waals surface area contributed by atoms with Gasteiger partial charge < -0.3 is 19.1 Å². The number of benzene rings is 1. The van der Waals surface area contributed by atoms with Gasteiger partial charge in [-0.25, -0.2) is 0 Å². The normalized spacial score (nSPS) is 19.9. The maximum Gasteiger partial charge on any atom is 0.231 e. The third kappa shape index (κ3) is 2.46. The van der Waals surface area contributed by atoms with Crippen LogP contribution < -0.4 is 9.47 Å². The van der Waals surface area contributed by atoms with E-state index in [0.717, 1.165) is 23.7 Å². The summed E-state index contributed by atoms with van der Waals surface area (Å²) in [6, 6.07) is 4.15. The summed E-state index contributed by atoms with van der Waals surface area (Å²) in [5.74, 6) is 2.84. The van der Waals surface area contributed by atoms with Crippen LogP contribution in [-0.2, 0) is 4.74 Å². The topological polar surface area (TPSA) is 30.9 Å². The highest BCUT2D eigenvalue weighted by molar-refractivity contribution is 5.52. The van der Waals surface area contributed by atoms with Crippen LogP contribution in [0.4, 0.5) is 0 Å². The van der Waals surface area contributed by atoms with E-state index in [1.54, 1.807) is 7.11 Å². The van der Waals surface area contributed by atoms with Crippen molar-refractivity contribution in [3.8, 4) is 11.5 Å². The smallest absolute Gasteiger partial charge is 0.231 e. The van der Waals surface area contributed by atoms with Crippen molar-refractivity contribution in [2.75, 3.05) is 28.0 Å². The lowest BCUT2D eigenvalue weighted by Crippen LogP contribution is -2.20. The molecule has 1 aliphatic heterocycles. The molecule has 1 atom stereocenters. The molecular formula is C17H21NO3. The molecule has 0 amide bonds. The van der Waals surface area contributed by atoms with Crippen molar-refractivity contribution < 1.29 is 14.2 Å². The molecule has 1 heterocycles. The van der Waals surface area contributed by atoms with Crippen LogP contribution in [0.1, 0.15) is 23.5 Å². The Bertz CT molecular complexity index is 617. The van der Waals surface area contributed by atoms with Crippen LogP contribution in [0.15, 0.2) is 35.7 Å². The molecule has 1 aliphatic carbocycles. The lowest BCUT2D eigenvalue weighted by molar-refractivity contribution is 0.174. The zero-order chi connectivity index (χ0) is 15.0. The van der Waals surface area contributed by atoms with E-state index in [1.807, 2.05) is 0 Å². The fourth-order valence-electron chi connectivity index (χ4n) is 2.93. The first kappa shape index (κ1) is 13.9. The molecular weight excluding hydrogens is 266 g/mol. The van der Waals surface area contributed by atoms with Gasteiger partial charge in [-0.3, -0.25) is 0 Å². The molecule has 0 saturated heterocycles. The first-order chi connectivity index (χ1) is 10.1. The molecule has 0 fully saturated rings. The van der Waals surface area contributed by atoms with Crippen LogP contribution in [0.2, 0.25) is 0 Å². The quantitative estimate of drug-likeness (QED) is 0.854. The summed E-state index contributed by atoms with van der Waals surface area (Å²) < 4.78 is 16.4. The van der Waals surface area contributed by atoms with Crippen molar-refractivity contribution in [3.63, 3.8) is 0 Å². The van der Waals surface area contributed by atoms with Crippen LogP contribution in [0.3, 0.4) is 0 Å². The molecule has 0 bridgehead atoms. The van der Waals surface area contributed by atoms with Crippen molar-refractivity contribution in [1.82, 2.24) is 4.90 Å². The van der Waals surface area contributed by atoms with Crippen LogP contribution in [0.25, 0.3) is 0 Å². The van der Waals surface area contributed by atoms with Gasteiger partial charge in [0.2, 0.25) is 6.79 Å². The van der Waals surface area contributed by atoms with Gasteiger partial charge in [0.15, 0.2) is 11.5 Å². The molecule has 2 aliphatic rings. The van der Waals surface area contributed by atoms with E-state index in [4.69, 9.17) is 14.2 Å². The minimum atomic E-state index is 0.179. The first-order valence-electron chi connectivity index (χ1n) is 7.12. The van der Waals surface area contributed by atoms with E-state index < -0.39 is 0 Å². The summed E-state index contributed by atoms with van der Waals surface area (Å²) in [6.45, 7) is 2.41. The summed E-state index contributed by atoms with van der Waals surface area (Å²) in [5.41, 5.74) is 3.71. The molecule has 21 heavy (non-hydrogen) atoms. The fourth-order valence-corrected chi connectivity index (χ4v) is 2.93. The van der Waals surface area contributed by atoms with Crippen LogP contribution >= 0.6 is 0 Å². The van der Waals surface area contributed by atoms with E-state index >= 15 is 0 Å². The van der Waals surface area contributed by atoms with E-state index in [0.29, 0.717) is 6.79 Å². The summed E-state index contributed by atoms with van der Waals surface area (Å²) >= 11 is 0. The highest BCUT2D eigenvalue weighted by Gasteiger charge is 2.25. The summed E-state index contributed by atoms with van der Waals surface area (Å²) in [6.07, 6.45) is 5.26. The zero-order valence-corrected chi connectivity index (χ0v) is 13.0. The largest absolute Gasteiger partial charge is 0.501 e. The molecule has 112 valence electrons. The monoisotopic (exact) mass is 287 g/mol. The number of rotatable bonds is 3. The molecule has 4 heteroatoms. The van der Waals surface area contributed by atoms with Gasteiger partial charge in [0.1, 0.15) is 0 Å². The maximum absolute atomic E-state index is 5.53. The maximum atomic E-state index is 5.53. The number of methoxy groups -OCH3 is 1. The van der Waals surface area contributed by atoms with E-state index in [9.17, 15) is 0 Å². The molecule has 0 saturated carbocycles. The minimum Gasteiger partial charge on any atom is -0.501 e. The molecule has 1 unspecified atom stereocenters. The van der Waals surface area contributed by atoms with Gasteiger partial charge in [-0.1, -0.05) is 6.08 Å². The number of hydrogen-bond donors (Lipinski definition) is 0. The van der Waals surface area contributed by atoms with Crippen molar-refractivity contribution in [3.05, 3.63) is 46.9 Å². The van der Waals surface area contributed by atoms with Crippen molar-refractivity contribution in [2.45, 2.75) is 19.3 Å². The third-order valence-corrected chi connectivity index (χ3v) is 4.06. The highest BCUT2D eigenvalue weighted by Crippen LogP contribution is 2.41. The van der Waals surface area contributed by atoms with Crippen molar-refractivity contribution in [1.29, 1.82) is 0 Å². The summed E-state index contributed by atoms with van der Waals surface area (Å²) in [7, 11) is 5.88. The predicted molar refractivity (Wildman–Crippen MR) is 81.5 cm³/mol. The second-order valence-corrected chi connectivity index (χ2v) is 5.60. The number of hydrogen-bond acceptors (Lipinski definition) is 4. The molecule has 1 aromatic carbocycles. The Labute approximate surface area is 125 Å². The van der Waals surface area contributed by atoms with Gasteiger partial charge in [0, 0.05) is 32.1 Å². The van der Waals surface area contributed by atoms with E-state index in [-0.39, 0.29) is 5.92 Å². The van der Waals surface area contributed by atoms with Crippen LogP contribution in [-0.4, -0.2) is 32.9 Å². The molecule has 3 rings (SSSR count). The average Bonchev–Trinajstić information content (AvgIpc) is 2.92. The molecule has 0 N–H and O–H groups in total. The fraction of sp³-hybridized carbons (Fsp3) is 0.412. The lowest BCUT2D eigenvalue weighted by Gasteiger charge is -2.29. The van der Waals surface area contributed by atoms with Gasteiger partial charge in [-0.15, -0.1) is 0 Å². The summed E-state index contributed by atoms with van der Waals surface area (Å²) in [5, 5.41) is 0. The Morgan fingerprint density at radius 2 is 1.90 bits per heavy atom. The van der Waals surface area contributed by atoms with Gasteiger partial charge >= 0.3 is 0 Å².